The lowest BCUT2D eigenvalue weighted by Gasteiger charge is -2.11. The molecule has 0 aliphatic heterocycles. The Morgan fingerprint density at radius 3 is 2.72 bits per heavy atom. The number of hydrogen-bond donors (Lipinski definition) is 1. The second-order valence-electron chi connectivity index (χ2n) is 4.40. The zero-order valence-electron chi connectivity index (χ0n) is 10.8. The Kier molecular flexibility index (Phi) is 3.63. The Balaban J connectivity index is 2.28. The summed E-state index contributed by atoms with van der Waals surface area (Å²) in [5.74, 6) is 1.30. The number of hydrogen-bond acceptors (Lipinski definition) is 3. The van der Waals surface area contributed by atoms with Gasteiger partial charge in [-0.1, -0.05) is 12.1 Å². The van der Waals surface area contributed by atoms with Gasteiger partial charge in [0, 0.05) is 12.3 Å². The molecule has 3 nitrogen and oxygen atoms in total. The van der Waals surface area contributed by atoms with Crippen molar-refractivity contribution < 1.29 is 9.84 Å². The van der Waals surface area contributed by atoms with Crippen LogP contribution >= 0.6 is 0 Å². The van der Waals surface area contributed by atoms with Gasteiger partial charge in [0.15, 0.2) is 0 Å². The molecule has 94 valence electrons. The van der Waals surface area contributed by atoms with E-state index in [1.165, 1.54) is 5.56 Å². The Morgan fingerprint density at radius 1 is 1.22 bits per heavy atom. The highest BCUT2D eigenvalue weighted by atomic mass is 16.5. The standard InChI is InChI=1S/C15H17NO2/c1-10-5-4-6-14(11(10)2)18-15-9-13(12(3)17)7-8-16-15/h4-9,12,17H,1-3H3/t12-/m1/s1. The molecule has 1 aromatic carbocycles. The number of pyridine rings is 1. The molecule has 0 saturated carbocycles. The maximum absolute atomic E-state index is 9.53. The monoisotopic (exact) mass is 243 g/mol. The summed E-state index contributed by atoms with van der Waals surface area (Å²) in [5.41, 5.74) is 3.08. The molecule has 0 saturated heterocycles. The fourth-order valence-corrected chi connectivity index (χ4v) is 1.69. The highest BCUT2D eigenvalue weighted by molar-refractivity contribution is 5.40. The van der Waals surface area contributed by atoms with Crippen molar-refractivity contribution in [1.29, 1.82) is 0 Å². The van der Waals surface area contributed by atoms with Crippen LogP contribution in [0, 0.1) is 13.8 Å². The molecule has 1 aromatic heterocycles. The van der Waals surface area contributed by atoms with Crippen LogP contribution in [0.4, 0.5) is 0 Å². The highest BCUT2D eigenvalue weighted by Crippen LogP contribution is 2.26. The molecule has 1 heterocycles. The maximum Gasteiger partial charge on any atom is 0.219 e. The fourth-order valence-electron chi connectivity index (χ4n) is 1.69. The van der Waals surface area contributed by atoms with Gasteiger partial charge in [-0.15, -0.1) is 0 Å². The molecule has 1 N–H and O–H groups in total. The minimum Gasteiger partial charge on any atom is -0.439 e. The second kappa shape index (κ2) is 5.19. The van der Waals surface area contributed by atoms with Gasteiger partial charge in [0.25, 0.3) is 0 Å². The fraction of sp³-hybridized carbons (Fsp3) is 0.267. The molecule has 0 aliphatic rings. The molecule has 0 aliphatic carbocycles. The Bertz CT molecular complexity index is 550. The van der Waals surface area contributed by atoms with Gasteiger partial charge in [-0.25, -0.2) is 4.98 Å². The quantitative estimate of drug-likeness (QED) is 0.896. The Labute approximate surface area is 107 Å². The van der Waals surface area contributed by atoms with Crippen molar-refractivity contribution in [3.8, 4) is 11.6 Å². The van der Waals surface area contributed by atoms with Crippen LogP contribution < -0.4 is 4.74 Å². The summed E-state index contributed by atoms with van der Waals surface area (Å²) in [4.78, 5) is 4.15. The number of benzene rings is 1. The predicted octanol–water partition coefficient (Wildman–Crippen LogP) is 3.54. The van der Waals surface area contributed by atoms with Gasteiger partial charge in [0.1, 0.15) is 5.75 Å². The van der Waals surface area contributed by atoms with Gasteiger partial charge >= 0.3 is 0 Å². The molecule has 3 heteroatoms. The second-order valence-corrected chi connectivity index (χ2v) is 4.40. The van der Waals surface area contributed by atoms with Crippen LogP contribution in [0.15, 0.2) is 36.5 Å². The molecule has 0 bridgehead atoms. The van der Waals surface area contributed by atoms with E-state index in [0.29, 0.717) is 5.88 Å². The largest absolute Gasteiger partial charge is 0.439 e. The lowest BCUT2D eigenvalue weighted by atomic mass is 10.1. The summed E-state index contributed by atoms with van der Waals surface area (Å²) >= 11 is 0. The number of aliphatic hydroxyl groups is 1. The van der Waals surface area contributed by atoms with E-state index in [1.807, 2.05) is 32.0 Å². The van der Waals surface area contributed by atoms with Crippen LogP contribution in [0.3, 0.4) is 0 Å². The van der Waals surface area contributed by atoms with E-state index in [1.54, 1.807) is 25.3 Å². The van der Waals surface area contributed by atoms with Gasteiger partial charge in [-0.3, -0.25) is 0 Å². The van der Waals surface area contributed by atoms with Crippen LogP contribution in [-0.4, -0.2) is 10.1 Å². The highest BCUT2D eigenvalue weighted by Gasteiger charge is 2.07. The number of aliphatic hydroxyl groups excluding tert-OH is 1. The van der Waals surface area contributed by atoms with Crippen LogP contribution in [-0.2, 0) is 0 Å². The first-order valence-corrected chi connectivity index (χ1v) is 5.96. The molecule has 0 radical (unpaired) electrons. The number of aromatic nitrogens is 1. The number of rotatable bonds is 3. The molecule has 1 atom stereocenters. The zero-order chi connectivity index (χ0) is 13.1. The Morgan fingerprint density at radius 2 is 2.00 bits per heavy atom. The van der Waals surface area contributed by atoms with Crippen molar-refractivity contribution in [2.75, 3.05) is 0 Å². The van der Waals surface area contributed by atoms with E-state index in [-0.39, 0.29) is 0 Å². The van der Waals surface area contributed by atoms with Crippen molar-refractivity contribution >= 4 is 0 Å². The van der Waals surface area contributed by atoms with E-state index >= 15 is 0 Å². The van der Waals surface area contributed by atoms with Gasteiger partial charge in [0.05, 0.1) is 6.10 Å². The summed E-state index contributed by atoms with van der Waals surface area (Å²) in [6.07, 6.45) is 1.12. The normalized spacial score (nSPS) is 12.2. The van der Waals surface area contributed by atoms with E-state index in [0.717, 1.165) is 16.9 Å². The molecule has 18 heavy (non-hydrogen) atoms. The van der Waals surface area contributed by atoms with Gasteiger partial charge in [-0.05, 0) is 49.6 Å². The first-order chi connectivity index (χ1) is 8.58. The minimum atomic E-state index is -0.519. The van der Waals surface area contributed by atoms with Gasteiger partial charge in [-0.2, -0.15) is 0 Å². The smallest absolute Gasteiger partial charge is 0.219 e. The molecular weight excluding hydrogens is 226 g/mol. The lowest BCUT2D eigenvalue weighted by molar-refractivity contribution is 0.198. The molecule has 0 unspecified atom stereocenters. The average molecular weight is 243 g/mol. The van der Waals surface area contributed by atoms with Crippen LogP contribution in [0.25, 0.3) is 0 Å². The van der Waals surface area contributed by atoms with E-state index in [9.17, 15) is 5.11 Å². The SMILES string of the molecule is Cc1cccc(Oc2cc([C@@H](C)O)ccn2)c1C. The zero-order valence-corrected chi connectivity index (χ0v) is 10.8. The molecule has 2 rings (SSSR count). The van der Waals surface area contributed by atoms with Crippen molar-refractivity contribution in [2.45, 2.75) is 26.9 Å². The summed E-state index contributed by atoms with van der Waals surface area (Å²) in [5, 5.41) is 9.53. The van der Waals surface area contributed by atoms with E-state index in [4.69, 9.17) is 4.74 Å². The average Bonchev–Trinajstić information content (AvgIpc) is 2.35. The third-order valence-corrected chi connectivity index (χ3v) is 3.01. The summed E-state index contributed by atoms with van der Waals surface area (Å²) in [7, 11) is 0. The molecule has 0 spiro atoms. The molecular formula is C15H17NO2. The summed E-state index contributed by atoms with van der Waals surface area (Å²) in [6, 6.07) is 9.45. The van der Waals surface area contributed by atoms with Crippen molar-refractivity contribution in [1.82, 2.24) is 4.98 Å². The molecule has 2 aromatic rings. The maximum atomic E-state index is 9.53. The third-order valence-electron chi connectivity index (χ3n) is 3.01. The summed E-state index contributed by atoms with van der Waals surface area (Å²) < 4.78 is 5.76. The third kappa shape index (κ3) is 2.68. The minimum absolute atomic E-state index is 0.502. The van der Waals surface area contributed by atoms with Crippen LogP contribution in [0.5, 0.6) is 11.6 Å². The first kappa shape index (κ1) is 12.6. The van der Waals surface area contributed by atoms with Gasteiger partial charge < -0.3 is 9.84 Å². The number of aryl methyl sites for hydroxylation is 1. The van der Waals surface area contributed by atoms with E-state index < -0.39 is 6.10 Å². The van der Waals surface area contributed by atoms with Crippen molar-refractivity contribution in [2.24, 2.45) is 0 Å². The van der Waals surface area contributed by atoms with Crippen LogP contribution in [0.2, 0.25) is 0 Å². The molecule has 0 fully saturated rings. The molecule has 0 amide bonds. The van der Waals surface area contributed by atoms with Gasteiger partial charge in [0.2, 0.25) is 5.88 Å². The van der Waals surface area contributed by atoms with Crippen molar-refractivity contribution in [3.63, 3.8) is 0 Å². The Hall–Kier alpha value is -1.87. The van der Waals surface area contributed by atoms with Crippen LogP contribution in [0.1, 0.15) is 29.7 Å². The van der Waals surface area contributed by atoms with Crippen molar-refractivity contribution in [3.05, 3.63) is 53.2 Å². The topological polar surface area (TPSA) is 42.4 Å². The predicted molar refractivity (Wildman–Crippen MR) is 70.9 cm³/mol. The lowest BCUT2D eigenvalue weighted by Crippen LogP contribution is -1.95. The first-order valence-electron chi connectivity index (χ1n) is 5.96. The summed E-state index contributed by atoms with van der Waals surface area (Å²) in [6.45, 7) is 5.78. The number of nitrogens with zero attached hydrogens (tertiary/aromatic N) is 1. The van der Waals surface area contributed by atoms with E-state index in [2.05, 4.69) is 4.98 Å². The number of ether oxygens (including phenoxy) is 1.